The molecule has 4 rings (SSSR count). The van der Waals surface area contributed by atoms with Crippen LogP contribution in [0.3, 0.4) is 0 Å². The molecule has 7 heteroatoms. The zero-order chi connectivity index (χ0) is 20.5. The van der Waals surface area contributed by atoms with Crippen molar-refractivity contribution in [3.8, 4) is 5.75 Å². The molecule has 2 atom stereocenters. The van der Waals surface area contributed by atoms with Crippen LogP contribution in [0.2, 0.25) is 5.28 Å². The standard InChI is InChI=1S/C22H22ClN3O3/c1-4-29-20(27)12-16-13(2)26(19-10-9-14(28-3)11-17(16)19)21-15-7-5-6-8-18(15)24-22(23)25-21/h5-11,13,16H,4,12H2,1-3H3. The van der Waals surface area contributed by atoms with Gasteiger partial charge in [-0.15, -0.1) is 0 Å². The largest absolute Gasteiger partial charge is 0.497 e. The molecular formula is C22H22ClN3O3. The Balaban J connectivity index is 1.86. The highest BCUT2D eigenvalue weighted by molar-refractivity contribution is 6.28. The molecule has 0 spiro atoms. The zero-order valence-corrected chi connectivity index (χ0v) is 17.3. The van der Waals surface area contributed by atoms with Gasteiger partial charge in [0.25, 0.3) is 0 Å². The van der Waals surface area contributed by atoms with Crippen molar-refractivity contribution in [2.75, 3.05) is 18.6 Å². The maximum Gasteiger partial charge on any atom is 0.306 e. The lowest BCUT2D eigenvalue weighted by Gasteiger charge is -2.27. The van der Waals surface area contributed by atoms with Crippen molar-refractivity contribution in [1.82, 2.24) is 9.97 Å². The number of carbonyl (C=O) groups is 1. The SMILES string of the molecule is CCOC(=O)CC1c2cc(OC)ccc2N(c2nc(Cl)nc3ccccc23)C1C. The first-order valence-electron chi connectivity index (χ1n) is 9.58. The van der Waals surface area contributed by atoms with Gasteiger partial charge in [0.1, 0.15) is 11.6 Å². The second-order valence-corrected chi connectivity index (χ2v) is 7.32. The van der Waals surface area contributed by atoms with Crippen molar-refractivity contribution in [1.29, 1.82) is 0 Å². The highest BCUT2D eigenvalue weighted by Crippen LogP contribution is 2.48. The van der Waals surface area contributed by atoms with Crippen molar-refractivity contribution in [2.45, 2.75) is 32.2 Å². The van der Waals surface area contributed by atoms with Crippen LogP contribution in [-0.2, 0) is 9.53 Å². The molecule has 2 heterocycles. The van der Waals surface area contributed by atoms with Gasteiger partial charge < -0.3 is 14.4 Å². The fourth-order valence-corrected chi connectivity index (χ4v) is 4.21. The van der Waals surface area contributed by atoms with Gasteiger partial charge in [-0.3, -0.25) is 4.79 Å². The van der Waals surface area contributed by atoms with E-state index in [1.54, 1.807) is 7.11 Å². The van der Waals surface area contributed by atoms with Crippen LogP contribution in [0.15, 0.2) is 42.5 Å². The zero-order valence-electron chi connectivity index (χ0n) is 16.6. The fraction of sp³-hybridized carbons (Fsp3) is 0.318. The van der Waals surface area contributed by atoms with Gasteiger partial charge in [-0.1, -0.05) is 12.1 Å². The molecule has 1 aromatic heterocycles. The Morgan fingerprint density at radius 2 is 2.00 bits per heavy atom. The van der Waals surface area contributed by atoms with Crippen LogP contribution >= 0.6 is 11.6 Å². The Hall–Kier alpha value is -2.86. The lowest BCUT2D eigenvalue weighted by Crippen LogP contribution is -2.29. The minimum Gasteiger partial charge on any atom is -0.497 e. The van der Waals surface area contributed by atoms with E-state index in [9.17, 15) is 4.79 Å². The number of hydrogen-bond acceptors (Lipinski definition) is 6. The normalized spacial score (nSPS) is 18.0. The van der Waals surface area contributed by atoms with Crippen LogP contribution in [0.1, 0.15) is 31.7 Å². The van der Waals surface area contributed by atoms with Gasteiger partial charge in [0, 0.05) is 23.0 Å². The molecule has 0 fully saturated rings. The summed E-state index contributed by atoms with van der Waals surface area (Å²) in [6, 6.07) is 13.6. The summed E-state index contributed by atoms with van der Waals surface area (Å²) in [5, 5.41) is 1.09. The number of para-hydroxylation sites is 1. The number of benzene rings is 2. The molecule has 1 aliphatic rings. The van der Waals surface area contributed by atoms with Gasteiger partial charge in [-0.25, -0.2) is 4.98 Å². The third kappa shape index (κ3) is 3.49. The van der Waals surface area contributed by atoms with Crippen LogP contribution in [0.4, 0.5) is 11.5 Å². The molecule has 1 aliphatic heterocycles. The molecule has 0 bridgehead atoms. The number of ether oxygens (including phenoxy) is 2. The third-order valence-electron chi connectivity index (χ3n) is 5.36. The van der Waals surface area contributed by atoms with E-state index >= 15 is 0 Å². The number of nitrogens with zero attached hydrogens (tertiary/aromatic N) is 3. The number of methoxy groups -OCH3 is 1. The molecule has 150 valence electrons. The van der Waals surface area contributed by atoms with Gasteiger partial charge in [0.05, 0.1) is 25.7 Å². The minimum absolute atomic E-state index is 0.0316. The van der Waals surface area contributed by atoms with Crippen LogP contribution in [0, 0.1) is 0 Å². The summed E-state index contributed by atoms with van der Waals surface area (Å²) >= 11 is 6.24. The molecule has 0 amide bonds. The van der Waals surface area contributed by atoms with Crippen molar-refractivity contribution in [3.63, 3.8) is 0 Å². The second-order valence-electron chi connectivity index (χ2n) is 6.98. The summed E-state index contributed by atoms with van der Waals surface area (Å²) in [5.41, 5.74) is 2.79. The van der Waals surface area contributed by atoms with Crippen LogP contribution in [0.5, 0.6) is 5.75 Å². The van der Waals surface area contributed by atoms with Gasteiger partial charge in [0.2, 0.25) is 5.28 Å². The number of carbonyl (C=O) groups excluding carboxylic acids is 1. The Morgan fingerprint density at radius 1 is 1.21 bits per heavy atom. The van der Waals surface area contributed by atoms with E-state index in [0.717, 1.165) is 33.7 Å². The first kappa shape index (κ1) is 19.5. The molecule has 0 aliphatic carbocycles. The fourth-order valence-electron chi connectivity index (χ4n) is 4.04. The predicted octanol–water partition coefficient (Wildman–Crippen LogP) is 4.87. The van der Waals surface area contributed by atoms with E-state index in [1.165, 1.54) is 0 Å². The summed E-state index contributed by atoms with van der Waals surface area (Å²) in [5.74, 6) is 1.19. The topological polar surface area (TPSA) is 64.6 Å². The number of hydrogen-bond donors (Lipinski definition) is 0. The van der Waals surface area contributed by atoms with Crippen LogP contribution < -0.4 is 9.64 Å². The van der Waals surface area contributed by atoms with E-state index in [2.05, 4.69) is 21.8 Å². The average Bonchev–Trinajstić information content (AvgIpc) is 2.98. The molecule has 6 nitrogen and oxygen atoms in total. The Labute approximate surface area is 174 Å². The molecule has 29 heavy (non-hydrogen) atoms. The summed E-state index contributed by atoms with van der Waals surface area (Å²) in [7, 11) is 1.63. The molecule has 0 radical (unpaired) electrons. The van der Waals surface area contributed by atoms with Gasteiger partial charge in [-0.05, 0) is 61.3 Å². The van der Waals surface area contributed by atoms with Crippen molar-refractivity contribution < 1.29 is 14.3 Å². The molecule has 0 N–H and O–H groups in total. The van der Waals surface area contributed by atoms with Crippen LogP contribution in [0.25, 0.3) is 10.9 Å². The maximum absolute atomic E-state index is 12.3. The number of fused-ring (bicyclic) bond motifs is 2. The lowest BCUT2D eigenvalue weighted by atomic mass is 9.92. The highest BCUT2D eigenvalue weighted by Gasteiger charge is 2.39. The first-order chi connectivity index (χ1) is 14.0. The highest BCUT2D eigenvalue weighted by atomic mass is 35.5. The number of anilines is 2. The molecule has 2 aromatic carbocycles. The first-order valence-corrected chi connectivity index (χ1v) is 9.96. The number of esters is 1. The molecule has 0 saturated carbocycles. The quantitative estimate of drug-likeness (QED) is 0.441. The van der Waals surface area contributed by atoms with Gasteiger partial charge in [0.15, 0.2) is 0 Å². The number of rotatable bonds is 5. The molecule has 0 saturated heterocycles. The van der Waals surface area contributed by atoms with Crippen molar-refractivity contribution >= 4 is 40.0 Å². The van der Waals surface area contributed by atoms with E-state index < -0.39 is 0 Å². The molecule has 3 aromatic rings. The Bertz CT molecular complexity index is 1070. The maximum atomic E-state index is 12.3. The van der Waals surface area contributed by atoms with Gasteiger partial charge >= 0.3 is 5.97 Å². The number of halogens is 1. The van der Waals surface area contributed by atoms with E-state index in [1.807, 2.05) is 49.4 Å². The van der Waals surface area contributed by atoms with E-state index in [-0.39, 0.29) is 29.6 Å². The third-order valence-corrected chi connectivity index (χ3v) is 5.53. The van der Waals surface area contributed by atoms with Crippen molar-refractivity contribution in [2.24, 2.45) is 0 Å². The van der Waals surface area contributed by atoms with E-state index in [4.69, 9.17) is 21.1 Å². The summed E-state index contributed by atoms with van der Waals surface area (Å²) in [4.78, 5) is 23.3. The Kier molecular flexibility index (Phi) is 5.28. The monoisotopic (exact) mass is 411 g/mol. The predicted molar refractivity (Wildman–Crippen MR) is 113 cm³/mol. The summed E-state index contributed by atoms with van der Waals surface area (Å²) in [6.07, 6.45) is 0.280. The smallest absolute Gasteiger partial charge is 0.306 e. The average molecular weight is 412 g/mol. The summed E-state index contributed by atoms with van der Waals surface area (Å²) < 4.78 is 10.6. The van der Waals surface area contributed by atoms with Crippen molar-refractivity contribution in [3.05, 3.63) is 53.3 Å². The van der Waals surface area contributed by atoms with Gasteiger partial charge in [-0.2, -0.15) is 4.98 Å². The minimum atomic E-state index is -0.217. The number of aromatic nitrogens is 2. The van der Waals surface area contributed by atoms with Crippen LogP contribution in [-0.4, -0.2) is 35.7 Å². The lowest BCUT2D eigenvalue weighted by molar-refractivity contribution is -0.143. The van der Waals surface area contributed by atoms with E-state index in [0.29, 0.717) is 6.61 Å². The molecule has 2 unspecified atom stereocenters. The Morgan fingerprint density at radius 3 is 2.76 bits per heavy atom. The second kappa shape index (κ2) is 7.87. The molecular weight excluding hydrogens is 390 g/mol. The summed E-state index contributed by atoms with van der Waals surface area (Å²) in [6.45, 7) is 4.26.